The van der Waals surface area contributed by atoms with Crippen molar-refractivity contribution < 1.29 is 14.9 Å². The third kappa shape index (κ3) is 11.9. The predicted molar refractivity (Wildman–Crippen MR) is 131 cm³/mol. The fourth-order valence-corrected chi connectivity index (χ4v) is 2.28. The average molecular weight is 432 g/mol. The number of anilines is 5. The minimum absolute atomic E-state index is 0. The van der Waals surface area contributed by atoms with Crippen LogP contribution in [0.2, 0.25) is 0 Å². The van der Waals surface area contributed by atoms with Crippen LogP contribution in [0.25, 0.3) is 0 Å². The van der Waals surface area contributed by atoms with Gasteiger partial charge in [0.15, 0.2) is 0 Å². The fourth-order valence-electron chi connectivity index (χ4n) is 2.28. The molecule has 0 atom stereocenters. The zero-order valence-electron chi connectivity index (χ0n) is 17.8. The Labute approximate surface area is 183 Å². The Morgan fingerprint density at radius 2 is 1.16 bits per heavy atom. The molecular weight excluding hydrogens is 397 g/mol. The number of para-hydroxylation sites is 3. The predicted octanol–water partition coefficient (Wildman–Crippen LogP) is 3.08. The molecular formula is C23H34FN5O2. The molecule has 3 rings (SSSR count). The summed E-state index contributed by atoms with van der Waals surface area (Å²) in [7, 11) is 0. The van der Waals surface area contributed by atoms with Crippen molar-refractivity contribution in [2.45, 2.75) is 6.92 Å². The van der Waals surface area contributed by atoms with Gasteiger partial charge >= 0.3 is 0 Å². The molecule has 0 spiro atoms. The highest BCUT2D eigenvalue weighted by Gasteiger charge is 1.98. The molecule has 0 unspecified atom stereocenters. The van der Waals surface area contributed by atoms with Gasteiger partial charge in [0.1, 0.15) is 0 Å². The number of halogens is 1. The Hall–Kier alpha value is -3.49. The van der Waals surface area contributed by atoms with Gasteiger partial charge in [0.05, 0.1) is 24.6 Å². The normalized spacial score (nSPS) is 9.13. The summed E-state index contributed by atoms with van der Waals surface area (Å²) < 4.78 is 0. The van der Waals surface area contributed by atoms with Crippen LogP contribution >= 0.6 is 0 Å². The molecule has 0 aromatic heterocycles. The van der Waals surface area contributed by atoms with Gasteiger partial charge in [0.25, 0.3) is 0 Å². The maximum Gasteiger partial charge on any atom is 0.0604 e. The van der Waals surface area contributed by atoms with Gasteiger partial charge in [-0.3, -0.25) is 4.70 Å². The highest BCUT2D eigenvalue weighted by Crippen LogP contribution is 2.20. The van der Waals surface area contributed by atoms with Crippen LogP contribution in [0.1, 0.15) is 5.56 Å². The van der Waals surface area contributed by atoms with Crippen LogP contribution in [-0.4, -0.2) is 36.5 Å². The monoisotopic (exact) mass is 431 g/mol. The van der Waals surface area contributed by atoms with Crippen LogP contribution in [0.3, 0.4) is 0 Å². The maximum atomic E-state index is 8.67. The summed E-state index contributed by atoms with van der Waals surface area (Å²) in [5.74, 6) is 0. The van der Waals surface area contributed by atoms with Gasteiger partial charge in [-0.25, -0.2) is 0 Å². The highest BCUT2D eigenvalue weighted by atomic mass is 19.0. The number of hydrogen-bond acceptors (Lipinski definition) is 7. The number of aliphatic hydroxyl groups excluding tert-OH is 2. The van der Waals surface area contributed by atoms with Gasteiger partial charge in [-0.05, 0) is 48.9 Å². The number of nitrogens with two attached hydrogens (primary N) is 3. The van der Waals surface area contributed by atoms with Crippen molar-refractivity contribution in [2.75, 3.05) is 54.1 Å². The van der Waals surface area contributed by atoms with Crippen molar-refractivity contribution in [3.63, 3.8) is 0 Å². The molecule has 7 nitrogen and oxygen atoms in total. The zero-order valence-corrected chi connectivity index (χ0v) is 17.8. The van der Waals surface area contributed by atoms with Crippen LogP contribution < -0.4 is 27.8 Å². The van der Waals surface area contributed by atoms with Crippen LogP contribution in [0, 0.1) is 6.92 Å². The van der Waals surface area contributed by atoms with Crippen LogP contribution in [0.5, 0.6) is 0 Å². The first-order valence-electron chi connectivity index (χ1n) is 9.68. The summed E-state index contributed by atoms with van der Waals surface area (Å²) in [6.07, 6.45) is 0. The summed E-state index contributed by atoms with van der Waals surface area (Å²) in [6.45, 7) is 3.22. The third-order valence-electron chi connectivity index (χ3n) is 3.88. The quantitative estimate of drug-likeness (QED) is 0.297. The van der Waals surface area contributed by atoms with E-state index in [4.69, 9.17) is 27.4 Å². The van der Waals surface area contributed by atoms with Crippen molar-refractivity contribution >= 4 is 28.4 Å². The molecule has 3 aromatic carbocycles. The summed E-state index contributed by atoms with van der Waals surface area (Å²) in [5, 5.41) is 23.5. The molecule has 0 amide bonds. The topological polar surface area (TPSA) is 143 Å². The fraction of sp³-hybridized carbons (Fsp3) is 0.217. The summed E-state index contributed by atoms with van der Waals surface area (Å²) in [6, 6.07) is 22.7. The first kappa shape index (κ1) is 27.5. The molecule has 31 heavy (non-hydrogen) atoms. The number of hydrogen-bond donors (Lipinski definition) is 7. The van der Waals surface area contributed by atoms with E-state index in [0.717, 1.165) is 34.0 Å². The lowest BCUT2D eigenvalue weighted by Gasteiger charge is -2.12. The van der Waals surface area contributed by atoms with Crippen molar-refractivity contribution in [2.24, 2.45) is 0 Å². The first-order valence-corrected chi connectivity index (χ1v) is 9.68. The number of nitrogens with one attached hydrogen (secondary N) is 2. The van der Waals surface area contributed by atoms with E-state index in [2.05, 4.69) is 10.6 Å². The molecule has 0 aliphatic heterocycles. The van der Waals surface area contributed by atoms with Gasteiger partial charge in [-0.15, -0.1) is 0 Å². The molecule has 0 aliphatic carbocycles. The maximum absolute atomic E-state index is 8.67. The Balaban J connectivity index is 0.000000457. The molecule has 170 valence electrons. The second-order valence-electron chi connectivity index (χ2n) is 6.37. The lowest BCUT2D eigenvalue weighted by Crippen LogP contribution is -2.10. The van der Waals surface area contributed by atoms with Crippen LogP contribution in [-0.2, 0) is 0 Å². The average Bonchev–Trinajstić information content (AvgIpc) is 2.75. The molecule has 10 N–H and O–H groups in total. The number of aliphatic hydroxyl groups is 2. The molecule has 3 aromatic rings. The van der Waals surface area contributed by atoms with Gasteiger partial charge in [0.2, 0.25) is 0 Å². The van der Waals surface area contributed by atoms with E-state index in [9.17, 15) is 0 Å². The molecule has 0 bridgehead atoms. The molecule has 0 fully saturated rings. The number of benzene rings is 3. The van der Waals surface area contributed by atoms with E-state index >= 15 is 0 Å². The molecule has 0 heterocycles. The largest absolute Gasteiger partial charge is 0.399 e. The molecule has 0 radical (unpaired) electrons. The SMILES string of the molecule is Cc1ccc(N)cc1N.F.Nc1ccccc1.OCCNc1ccccc1NCCO. The van der Waals surface area contributed by atoms with Gasteiger partial charge in [0, 0.05) is 30.2 Å². The van der Waals surface area contributed by atoms with Gasteiger partial charge in [-0.2, -0.15) is 0 Å². The molecule has 8 heteroatoms. The smallest absolute Gasteiger partial charge is 0.0604 e. The molecule has 0 saturated heterocycles. The lowest BCUT2D eigenvalue weighted by atomic mass is 10.2. The van der Waals surface area contributed by atoms with E-state index in [-0.39, 0.29) is 17.9 Å². The third-order valence-corrected chi connectivity index (χ3v) is 3.88. The van der Waals surface area contributed by atoms with Crippen molar-refractivity contribution in [1.82, 2.24) is 0 Å². The highest BCUT2D eigenvalue weighted by molar-refractivity contribution is 5.68. The molecule has 0 saturated carbocycles. The van der Waals surface area contributed by atoms with Crippen molar-refractivity contribution in [3.8, 4) is 0 Å². The minimum Gasteiger partial charge on any atom is -0.399 e. The summed E-state index contributed by atoms with van der Waals surface area (Å²) in [5.41, 5.74) is 21.6. The Morgan fingerprint density at radius 3 is 1.52 bits per heavy atom. The van der Waals surface area contributed by atoms with E-state index in [1.807, 2.05) is 73.7 Å². The Morgan fingerprint density at radius 1 is 0.677 bits per heavy atom. The van der Waals surface area contributed by atoms with E-state index in [1.54, 1.807) is 6.07 Å². The van der Waals surface area contributed by atoms with E-state index in [0.29, 0.717) is 13.1 Å². The van der Waals surface area contributed by atoms with Gasteiger partial charge in [-0.1, -0.05) is 36.4 Å². The van der Waals surface area contributed by atoms with Crippen LogP contribution in [0.4, 0.5) is 33.1 Å². The molecule has 0 aliphatic rings. The van der Waals surface area contributed by atoms with Crippen molar-refractivity contribution in [1.29, 1.82) is 0 Å². The second kappa shape index (κ2) is 16.3. The summed E-state index contributed by atoms with van der Waals surface area (Å²) in [4.78, 5) is 0. The summed E-state index contributed by atoms with van der Waals surface area (Å²) >= 11 is 0. The number of nitrogen functional groups attached to an aromatic ring is 3. The van der Waals surface area contributed by atoms with Gasteiger partial charge < -0.3 is 38.0 Å². The number of aryl methyl sites for hydroxylation is 1. The van der Waals surface area contributed by atoms with E-state index in [1.165, 1.54) is 0 Å². The first-order chi connectivity index (χ1) is 14.5. The Kier molecular flexibility index (Phi) is 14.5. The van der Waals surface area contributed by atoms with Crippen LogP contribution in [0.15, 0.2) is 72.8 Å². The minimum atomic E-state index is 0. The number of rotatable bonds is 6. The lowest BCUT2D eigenvalue weighted by molar-refractivity contribution is 0.310. The van der Waals surface area contributed by atoms with Crippen molar-refractivity contribution in [3.05, 3.63) is 78.4 Å². The standard InChI is InChI=1S/C10H16N2O2.C7H10N2.C6H7N.FH/c13-7-5-11-9-3-1-2-4-10(9)12-6-8-14;1-5-2-3-6(8)4-7(5)9;7-6-4-2-1-3-5-6;/h1-4,11-14H,5-8H2;2-4H,8-9H2,1H3;1-5H,7H2;1H. The van der Waals surface area contributed by atoms with E-state index < -0.39 is 0 Å². The Bertz CT molecular complexity index is 823. The zero-order chi connectivity index (χ0) is 22.2. The second-order valence-corrected chi connectivity index (χ2v) is 6.37.